The SMILES string of the molecule is O=C(O)O.O=P([O-])([O-])OP(=O)([O-])[O-].[Na+].[Na+].[Na+].[Na+]. The first-order valence-corrected chi connectivity index (χ1v) is 5.03. The van der Waals surface area contributed by atoms with Gasteiger partial charge in [0.2, 0.25) is 0 Å². The van der Waals surface area contributed by atoms with Crippen LogP contribution in [0.4, 0.5) is 4.79 Å². The fourth-order valence-corrected chi connectivity index (χ4v) is 1.10. The third-order valence-corrected chi connectivity index (χ3v) is 1.80. The van der Waals surface area contributed by atoms with E-state index in [1.54, 1.807) is 0 Å². The number of rotatable bonds is 2. The standard InChI is InChI=1S/CH2O3.4Na.H4O7P2/c2-1(3)4;;;;;1-8(2,3)7-9(4,5)6/h(H2,2,3,4);;;;;(H2,1,2,3)(H2,4,5,6)/q;4*+1;/p-4. The second-order valence-electron chi connectivity index (χ2n) is 1.26. The van der Waals surface area contributed by atoms with Gasteiger partial charge in [-0.05, 0) is 0 Å². The van der Waals surface area contributed by atoms with Gasteiger partial charge in [-0.3, -0.25) is 0 Å². The van der Waals surface area contributed by atoms with Crippen LogP contribution in [-0.4, -0.2) is 16.4 Å². The maximum absolute atomic E-state index is 9.32. The Morgan fingerprint density at radius 2 is 0.941 bits per heavy atom. The van der Waals surface area contributed by atoms with E-state index >= 15 is 0 Å². The van der Waals surface area contributed by atoms with Crippen LogP contribution in [0.5, 0.6) is 0 Å². The summed E-state index contributed by atoms with van der Waals surface area (Å²) < 4.78 is 21.2. The van der Waals surface area contributed by atoms with Gasteiger partial charge in [0.1, 0.15) is 0 Å². The van der Waals surface area contributed by atoms with E-state index in [9.17, 15) is 28.7 Å². The summed E-state index contributed by atoms with van der Waals surface area (Å²) in [4.78, 5) is 45.9. The fourth-order valence-electron chi connectivity index (χ4n) is 0.122. The Labute approximate surface area is 185 Å². The quantitative estimate of drug-likeness (QED) is 0.363. The molecule has 0 saturated carbocycles. The van der Waals surface area contributed by atoms with Crippen molar-refractivity contribution in [3.8, 4) is 0 Å². The van der Waals surface area contributed by atoms with Gasteiger partial charge in [-0.1, -0.05) is 0 Å². The summed E-state index contributed by atoms with van der Waals surface area (Å²) in [5, 5.41) is 13.9. The topological polar surface area (TPSA) is 193 Å². The minimum Gasteiger partial charge on any atom is -0.790 e. The van der Waals surface area contributed by atoms with Crippen LogP contribution in [0.3, 0.4) is 0 Å². The van der Waals surface area contributed by atoms with Crippen molar-refractivity contribution in [1.82, 2.24) is 0 Å². The third-order valence-electron chi connectivity index (χ3n) is 0.200. The van der Waals surface area contributed by atoms with Gasteiger partial charge in [-0.25, -0.2) is 4.79 Å². The molecule has 0 aliphatic heterocycles. The van der Waals surface area contributed by atoms with Crippen LogP contribution in [-0.2, 0) is 13.4 Å². The smallest absolute Gasteiger partial charge is 0.790 e. The Balaban J connectivity index is -0.0000000338. The van der Waals surface area contributed by atoms with Gasteiger partial charge in [0.15, 0.2) is 0 Å². The first kappa shape index (κ1) is 37.1. The molecule has 80 valence electrons. The molecular formula is CH2Na4O10P2. The number of phosphoric acid groups is 2. The zero-order chi connectivity index (χ0) is 11.3. The van der Waals surface area contributed by atoms with Crippen LogP contribution in [0.25, 0.3) is 0 Å². The Morgan fingerprint density at radius 1 is 0.824 bits per heavy atom. The molecule has 0 aliphatic rings. The summed E-state index contributed by atoms with van der Waals surface area (Å²) in [6.45, 7) is 0. The molecule has 0 amide bonds. The van der Waals surface area contributed by atoms with Gasteiger partial charge in [-0.2, -0.15) is 0 Å². The van der Waals surface area contributed by atoms with Crippen LogP contribution >= 0.6 is 15.6 Å². The fraction of sp³-hybridized carbons (Fsp3) is 0. The average molecular weight is 328 g/mol. The summed E-state index contributed by atoms with van der Waals surface area (Å²) in [5.41, 5.74) is 0. The molecule has 2 N–H and O–H groups in total. The minimum absolute atomic E-state index is 0. The van der Waals surface area contributed by atoms with Crippen LogP contribution in [0, 0.1) is 0 Å². The van der Waals surface area contributed by atoms with Crippen molar-refractivity contribution in [3.05, 3.63) is 0 Å². The maximum atomic E-state index is 9.32. The Kier molecular flexibility index (Phi) is 38.4. The second-order valence-corrected chi connectivity index (χ2v) is 3.70. The molecule has 0 aromatic heterocycles. The normalized spacial score (nSPS) is 8.71. The Hall–Kier alpha value is 3.53. The van der Waals surface area contributed by atoms with Gasteiger partial charge in [0.25, 0.3) is 0 Å². The molecule has 0 fully saturated rings. The molecule has 0 saturated heterocycles. The third kappa shape index (κ3) is 66.1. The van der Waals surface area contributed by atoms with Crippen molar-refractivity contribution < 1.29 is 166 Å². The largest absolute Gasteiger partial charge is 1.00 e. The number of hydrogen-bond acceptors (Lipinski definition) is 8. The predicted octanol–water partition coefficient (Wildman–Crippen LogP) is -15.1. The first-order valence-electron chi connectivity index (χ1n) is 2.11. The maximum Gasteiger partial charge on any atom is 1.00 e. The molecule has 0 bridgehead atoms. The van der Waals surface area contributed by atoms with Crippen LogP contribution in [0.1, 0.15) is 0 Å². The molecule has 0 aromatic carbocycles. The molecule has 10 nitrogen and oxygen atoms in total. The van der Waals surface area contributed by atoms with E-state index in [0.717, 1.165) is 0 Å². The zero-order valence-electron chi connectivity index (χ0n) is 9.55. The molecule has 0 aliphatic carbocycles. The van der Waals surface area contributed by atoms with E-state index in [1.807, 2.05) is 0 Å². The van der Waals surface area contributed by atoms with E-state index in [0.29, 0.717) is 0 Å². The second kappa shape index (κ2) is 17.6. The van der Waals surface area contributed by atoms with Crippen molar-refractivity contribution in [3.63, 3.8) is 0 Å². The van der Waals surface area contributed by atoms with Gasteiger partial charge in [-0.15, -0.1) is 0 Å². The molecule has 0 heterocycles. The van der Waals surface area contributed by atoms with E-state index in [-0.39, 0.29) is 118 Å². The van der Waals surface area contributed by atoms with Crippen molar-refractivity contribution in [1.29, 1.82) is 0 Å². The van der Waals surface area contributed by atoms with Crippen LogP contribution in [0.15, 0.2) is 0 Å². The molecule has 0 unspecified atom stereocenters. The summed E-state index contributed by atoms with van der Waals surface area (Å²) >= 11 is 0. The average Bonchev–Trinajstić information content (AvgIpc) is 1.47. The number of carboxylic acid groups (broad SMARTS) is 2. The van der Waals surface area contributed by atoms with Crippen LogP contribution < -0.4 is 138 Å². The molecular weight excluding hydrogens is 326 g/mol. The first-order chi connectivity index (χ1) is 5.44. The van der Waals surface area contributed by atoms with Gasteiger partial charge in [0.05, 0.1) is 15.6 Å². The summed E-state index contributed by atoms with van der Waals surface area (Å²) in [6.07, 6.45) is -1.83. The van der Waals surface area contributed by atoms with Crippen LogP contribution in [0.2, 0.25) is 0 Å². The molecule has 17 heavy (non-hydrogen) atoms. The van der Waals surface area contributed by atoms with Crippen molar-refractivity contribution in [2.24, 2.45) is 0 Å². The monoisotopic (exact) mass is 328 g/mol. The molecule has 0 radical (unpaired) electrons. The summed E-state index contributed by atoms with van der Waals surface area (Å²) in [6, 6.07) is 0. The van der Waals surface area contributed by atoms with Crippen molar-refractivity contribution in [2.45, 2.75) is 0 Å². The van der Waals surface area contributed by atoms with Gasteiger partial charge >= 0.3 is 124 Å². The molecule has 0 rings (SSSR count). The minimum atomic E-state index is -5.68. The summed E-state index contributed by atoms with van der Waals surface area (Å²) in [7, 11) is -11.4. The van der Waals surface area contributed by atoms with Crippen molar-refractivity contribution in [2.75, 3.05) is 0 Å². The van der Waals surface area contributed by atoms with Crippen molar-refractivity contribution >= 4 is 21.8 Å². The Bertz CT molecular complexity index is 231. The predicted molar refractivity (Wildman–Crippen MR) is 27.0 cm³/mol. The zero-order valence-corrected chi connectivity index (χ0v) is 19.3. The molecule has 0 atom stereocenters. The number of carbonyl (C=O) groups is 1. The van der Waals surface area contributed by atoms with E-state index in [1.165, 1.54) is 0 Å². The molecule has 0 aromatic rings. The summed E-state index contributed by atoms with van der Waals surface area (Å²) in [5.74, 6) is 0. The van der Waals surface area contributed by atoms with E-state index < -0.39 is 21.8 Å². The number of hydrogen-bond donors (Lipinski definition) is 2. The van der Waals surface area contributed by atoms with Gasteiger partial charge < -0.3 is 43.2 Å². The Morgan fingerprint density at radius 3 is 0.941 bits per heavy atom. The molecule has 16 heteroatoms. The van der Waals surface area contributed by atoms with E-state index in [4.69, 9.17) is 15.0 Å². The van der Waals surface area contributed by atoms with E-state index in [2.05, 4.69) is 4.31 Å². The molecule has 0 spiro atoms. The van der Waals surface area contributed by atoms with Gasteiger partial charge in [0, 0.05) is 0 Å².